The number of phosphoric acid groups is 2. The van der Waals surface area contributed by atoms with Crippen molar-refractivity contribution in [3.8, 4) is 0 Å². The maximum Gasteiger partial charge on any atom is 0.472 e. The van der Waals surface area contributed by atoms with Gasteiger partial charge in [-0.15, -0.1) is 0 Å². The highest BCUT2D eigenvalue weighted by Gasteiger charge is 2.30. The van der Waals surface area contributed by atoms with Gasteiger partial charge in [0.2, 0.25) is 0 Å². The Hall–Kier alpha value is -1.94. The smallest absolute Gasteiger partial charge is 0.462 e. The summed E-state index contributed by atoms with van der Waals surface area (Å²) in [7, 11) is -9.92. The largest absolute Gasteiger partial charge is 0.472 e. The number of aliphatic hydroxyl groups excluding tert-OH is 1. The lowest BCUT2D eigenvalue weighted by molar-refractivity contribution is -0.161. The molecule has 0 aliphatic carbocycles. The van der Waals surface area contributed by atoms with Gasteiger partial charge in [0.05, 0.1) is 26.4 Å². The van der Waals surface area contributed by atoms with Gasteiger partial charge in [-0.2, -0.15) is 0 Å². The summed E-state index contributed by atoms with van der Waals surface area (Å²) in [4.78, 5) is 72.9. The second-order valence-electron chi connectivity index (χ2n) is 29.2. The van der Waals surface area contributed by atoms with Crippen LogP contribution in [0.3, 0.4) is 0 Å². The summed E-state index contributed by atoms with van der Waals surface area (Å²) in [5.41, 5.74) is 0. The molecule has 19 heteroatoms. The predicted octanol–water partition coefficient (Wildman–Crippen LogP) is 22.4. The summed E-state index contributed by atoms with van der Waals surface area (Å²) in [5.74, 6) is 0.977. The van der Waals surface area contributed by atoms with Gasteiger partial charge >= 0.3 is 39.5 Å². The van der Waals surface area contributed by atoms with Crippen molar-refractivity contribution in [2.75, 3.05) is 39.6 Å². The van der Waals surface area contributed by atoms with Gasteiger partial charge in [-0.05, 0) is 49.4 Å². The zero-order valence-corrected chi connectivity index (χ0v) is 64.8. The molecule has 17 nitrogen and oxygen atoms in total. The molecule has 0 heterocycles. The molecule has 0 fully saturated rings. The van der Waals surface area contributed by atoms with Crippen molar-refractivity contribution < 1.29 is 80.2 Å². The molecule has 3 N–H and O–H groups in total. The summed E-state index contributed by atoms with van der Waals surface area (Å²) in [6, 6.07) is 0. The van der Waals surface area contributed by atoms with Crippen LogP contribution in [0.4, 0.5) is 0 Å². The Kier molecular flexibility index (Phi) is 65.0. The first-order chi connectivity index (χ1) is 46.2. The van der Waals surface area contributed by atoms with Crippen LogP contribution in [0.25, 0.3) is 0 Å². The number of rotatable bonds is 74. The molecule has 0 saturated carbocycles. The Morgan fingerprint density at radius 1 is 0.292 bits per heavy atom. The molecule has 0 radical (unpaired) electrons. The molecular formula is C77H150O17P2. The van der Waals surface area contributed by atoms with E-state index in [2.05, 4.69) is 55.4 Å². The Balaban J connectivity index is 5.24. The maximum atomic E-state index is 13.1. The summed E-state index contributed by atoms with van der Waals surface area (Å²) in [5, 5.41) is 10.6. The number of phosphoric ester groups is 2. The lowest BCUT2D eigenvalue weighted by atomic mass is 9.99. The Labute approximate surface area is 588 Å². The van der Waals surface area contributed by atoms with Crippen molar-refractivity contribution in [3.05, 3.63) is 0 Å². The van der Waals surface area contributed by atoms with Crippen molar-refractivity contribution >= 4 is 39.5 Å². The minimum Gasteiger partial charge on any atom is -0.462 e. The molecule has 0 aromatic heterocycles. The minimum atomic E-state index is -4.96. The second kappa shape index (κ2) is 66.3. The number of hydrogen-bond donors (Lipinski definition) is 3. The predicted molar refractivity (Wildman–Crippen MR) is 391 cm³/mol. The van der Waals surface area contributed by atoms with Gasteiger partial charge in [-0.25, -0.2) is 9.13 Å². The molecule has 0 aromatic rings. The van der Waals surface area contributed by atoms with E-state index in [0.717, 1.165) is 120 Å². The molecule has 96 heavy (non-hydrogen) atoms. The number of aliphatic hydroxyl groups is 1. The molecule has 0 aliphatic heterocycles. The van der Waals surface area contributed by atoms with Crippen molar-refractivity contribution in [3.63, 3.8) is 0 Å². The van der Waals surface area contributed by atoms with E-state index >= 15 is 0 Å². The van der Waals surface area contributed by atoms with Gasteiger partial charge in [0.1, 0.15) is 19.3 Å². The fourth-order valence-corrected chi connectivity index (χ4v) is 13.2. The number of esters is 4. The first kappa shape index (κ1) is 94.1. The molecule has 7 atom stereocenters. The first-order valence-corrected chi connectivity index (χ1v) is 42.8. The normalized spacial score (nSPS) is 14.7. The zero-order chi connectivity index (χ0) is 71.0. The third kappa shape index (κ3) is 67.9. The van der Waals surface area contributed by atoms with Crippen LogP contribution in [0.1, 0.15) is 389 Å². The number of carbonyl (C=O) groups excluding carboxylic acids is 4. The Morgan fingerprint density at radius 2 is 0.500 bits per heavy atom. The fourth-order valence-electron chi connectivity index (χ4n) is 11.7. The molecule has 0 aliphatic rings. The topological polar surface area (TPSA) is 237 Å². The highest BCUT2D eigenvalue weighted by molar-refractivity contribution is 7.47. The standard InChI is InChI=1S/C77H150O17P2/c1-9-69(7)55-47-39-31-27-28-32-41-49-57-74(79)87-63-72(93-76(81)59-51-43-33-25-21-17-13-11-12-15-19-23-29-37-45-53-67(3)4)65-91-95(83,84)89-61-71(78)62-90-96(85,86)92-66-73(64-88-75(80)58-50-42-36-35-40-48-56-70(8)10-2)94-77(82)60-52-44-34-26-22-18-14-16-20-24-30-38-46-54-68(5)6/h67-73,78H,9-66H2,1-8H3,(H,83,84)(H,85,86)/t69?,70?,71-,72-,73-/m1/s1. The summed E-state index contributed by atoms with van der Waals surface area (Å²) < 4.78 is 68.6. The molecule has 570 valence electrons. The third-order valence-corrected chi connectivity index (χ3v) is 20.4. The number of carbonyl (C=O) groups is 4. The van der Waals surface area contributed by atoms with Crippen LogP contribution in [-0.4, -0.2) is 96.7 Å². The minimum absolute atomic E-state index is 0.106. The van der Waals surface area contributed by atoms with E-state index in [0.29, 0.717) is 25.7 Å². The van der Waals surface area contributed by atoms with E-state index < -0.39 is 97.5 Å². The monoisotopic (exact) mass is 1410 g/mol. The highest BCUT2D eigenvalue weighted by Crippen LogP contribution is 2.45. The van der Waals surface area contributed by atoms with Crippen LogP contribution in [0.5, 0.6) is 0 Å². The Bertz CT molecular complexity index is 1890. The molecule has 0 bridgehead atoms. The molecule has 0 amide bonds. The van der Waals surface area contributed by atoms with Crippen molar-refractivity contribution in [1.82, 2.24) is 0 Å². The summed E-state index contributed by atoms with van der Waals surface area (Å²) >= 11 is 0. The summed E-state index contributed by atoms with van der Waals surface area (Å²) in [6.45, 7) is 14.2. The average molecular weight is 1410 g/mol. The molecule has 0 saturated heterocycles. The van der Waals surface area contributed by atoms with Gasteiger partial charge < -0.3 is 33.8 Å². The highest BCUT2D eigenvalue weighted by atomic mass is 31.2. The Morgan fingerprint density at radius 3 is 0.740 bits per heavy atom. The maximum absolute atomic E-state index is 13.1. The van der Waals surface area contributed by atoms with Gasteiger partial charge in [-0.3, -0.25) is 37.3 Å². The molecule has 0 spiro atoms. The van der Waals surface area contributed by atoms with Crippen LogP contribution in [-0.2, 0) is 65.4 Å². The molecular weight excluding hydrogens is 1260 g/mol. The summed E-state index contributed by atoms with van der Waals surface area (Å²) in [6.07, 6.45) is 51.3. The van der Waals surface area contributed by atoms with Crippen LogP contribution in [0.2, 0.25) is 0 Å². The van der Waals surface area contributed by atoms with E-state index in [1.165, 1.54) is 186 Å². The van der Waals surface area contributed by atoms with Crippen LogP contribution in [0, 0.1) is 23.7 Å². The van der Waals surface area contributed by atoms with E-state index in [4.69, 9.17) is 37.0 Å². The number of unbranched alkanes of at least 4 members (excludes halogenated alkanes) is 38. The van der Waals surface area contributed by atoms with Crippen molar-refractivity contribution in [1.29, 1.82) is 0 Å². The van der Waals surface area contributed by atoms with Crippen LogP contribution in [0.15, 0.2) is 0 Å². The van der Waals surface area contributed by atoms with Gasteiger partial charge in [0, 0.05) is 25.7 Å². The number of hydrogen-bond acceptors (Lipinski definition) is 15. The van der Waals surface area contributed by atoms with Gasteiger partial charge in [0.15, 0.2) is 12.2 Å². The van der Waals surface area contributed by atoms with Crippen LogP contribution < -0.4 is 0 Å². The number of ether oxygens (including phenoxy) is 4. The van der Waals surface area contributed by atoms with E-state index in [-0.39, 0.29) is 25.7 Å². The van der Waals surface area contributed by atoms with Crippen LogP contribution >= 0.6 is 15.6 Å². The van der Waals surface area contributed by atoms with Gasteiger partial charge in [-0.1, -0.05) is 338 Å². The zero-order valence-electron chi connectivity index (χ0n) is 63.0. The molecule has 0 aromatic carbocycles. The van der Waals surface area contributed by atoms with Gasteiger partial charge in [0.25, 0.3) is 0 Å². The van der Waals surface area contributed by atoms with Crippen molar-refractivity contribution in [2.24, 2.45) is 23.7 Å². The lowest BCUT2D eigenvalue weighted by Gasteiger charge is -2.21. The van der Waals surface area contributed by atoms with Crippen molar-refractivity contribution in [2.45, 2.75) is 408 Å². The fraction of sp³-hybridized carbons (Fsp3) is 0.948. The molecule has 0 rings (SSSR count). The van der Waals surface area contributed by atoms with E-state index in [9.17, 15) is 43.2 Å². The lowest BCUT2D eigenvalue weighted by Crippen LogP contribution is -2.30. The SMILES string of the molecule is CCC(C)CCCCCCCCCCC(=O)OC[C@H](COP(=O)(O)OC[C@@H](O)COP(=O)(O)OC[C@@H](COC(=O)CCCCCCCCC(C)CC)OC(=O)CCCCCCCCCCCCCCCC(C)C)OC(=O)CCCCCCCCCCCCCCCCCC(C)C. The third-order valence-electron chi connectivity index (χ3n) is 18.5. The van der Waals surface area contributed by atoms with E-state index in [1.807, 2.05) is 0 Å². The van der Waals surface area contributed by atoms with E-state index in [1.54, 1.807) is 0 Å². The quantitative estimate of drug-likeness (QED) is 0.0222. The molecule has 4 unspecified atom stereocenters. The average Bonchev–Trinajstić information content (AvgIpc) is 1.17. The first-order valence-electron chi connectivity index (χ1n) is 39.8. The second-order valence-corrected chi connectivity index (χ2v) is 32.1.